The van der Waals surface area contributed by atoms with Crippen molar-refractivity contribution in [2.75, 3.05) is 0 Å². The van der Waals surface area contributed by atoms with Gasteiger partial charge in [-0.1, -0.05) is 78.6 Å². The van der Waals surface area contributed by atoms with Crippen LogP contribution in [0, 0.1) is 0 Å². The van der Waals surface area contributed by atoms with Gasteiger partial charge in [0.2, 0.25) is 0 Å². The van der Waals surface area contributed by atoms with Gasteiger partial charge in [-0.15, -0.1) is 0 Å². The van der Waals surface area contributed by atoms with Gasteiger partial charge in [0.05, 0.1) is 0 Å². The van der Waals surface area contributed by atoms with Gasteiger partial charge in [-0.05, 0) is 0 Å². The Labute approximate surface area is 124 Å². The van der Waals surface area contributed by atoms with Crippen molar-refractivity contribution >= 4 is 35.2 Å². The van der Waals surface area contributed by atoms with Crippen molar-refractivity contribution in [3.8, 4) is 0 Å². The highest BCUT2D eigenvalue weighted by Gasteiger charge is 1.72. The summed E-state index contributed by atoms with van der Waals surface area (Å²) in [5, 5.41) is 12.0. The summed E-state index contributed by atoms with van der Waals surface area (Å²) in [4.78, 5) is 0. The zero-order valence-corrected chi connectivity index (χ0v) is 19.8. The molecule has 0 aromatic heterocycles. The first kappa shape index (κ1) is 31.3. The standard InChI is InChI=1S/4C3H10Si.H2O2/c4*1-4(2)3;1-2/h4*4H,1-3H3;1-2H. The van der Waals surface area contributed by atoms with Crippen LogP contribution in [0.25, 0.3) is 0 Å². The van der Waals surface area contributed by atoms with Crippen molar-refractivity contribution in [2.24, 2.45) is 0 Å². The Hall–Kier alpha value is 0.788. The third-order valence-corrected chi connectivity index (χ3v) is 0. The summed E-state index contributed by atoms with van der Waals surface area (Å²) in [5.41, 5.74) is 0. The molecule has 0 saturated carbocycles. The Morgan fingerprint density at radius 3 is 0.333 bits per heavy atom. The summed E-state index contributed by atoms with van der Waals surface area (Å²) in [6.45, 7) is 27.7. The maximum absolute atomic E-state index is 6.00. The van der Waals surface area contributed by atoms with Gasteiger partial charge in [0.25, 0.3) is 0 Å². The van der Waals surface area contributed by atoms with E-state index < -0.39 is 0 Å². The van der Waals surface area contributed by atoms with Crippen molar-refractivity contribution in [3.05, 3.63) is 0 Å². The van der Waals surface area contributed by atoms with E-state index in [0.717, 1.165) is 0 Å². The molecule has 0 aliphatic carbocycles. The molecule has 0 atom stereocenters. The van der Waals surface area contributed by atoms with Crippen LogP contribution in [0.4, 0.5) is 0 Å². The lowest BCUT2D eigenvalue weighted by Crippen LogP contribution is -1.84. The van der Waals surface area contributed by atoms with E-state index in [1.54, 1.807) is 0 Å². The van der Waals surface area contributed by atoms with Gasteiger partial charge in [0, 0.05) is 35.2 Å². The van der Waals surface area contributed by atoms with Gasteiger partial charge < -0.3 is 0 Å². The zero-order chi connectivity index (χ0) is 16.3. The van der Waals surface area contributed by atoms with Crippen LogP contribution in [0.3, 0.4) is 0 Å². The van der Waals surface area contributed by atoms with Crippen LogP contribution in [0.2, 0.25) is 78.6 Å². The van der Waals surface area contributed by atoms with E-state index in [-0.39, 0.29) is 35.2 Å². The number of rotatable bonds is 0. The fourth-order valence-corrected chi connectivity index (χ4v) is 0. The Morgan fingerprint density at radius 2 is 0.333 bits per heavy atom. The molecule has 0 fully saturated rings. The maximum Gasteiger partial charge on any atom is 0.0274 e. The van der Waals surface area contributed by atoms with Crippen molar-refractivity contribution in [2.45, 2.75) is 78.6 Å². The second-order valence-corrected chi connectivity index (χ2v) is 20.8. The summed E-state index contributed by atoms with van der Waals surface area (Å²) in [6.07, 6.45) is 0. The second kappa shape index (κ2) is 30.7. The van der Waals surface area contributed by atoms with E-state index in [2.05, 4.69) is 78.6 Å². The van der Waals surface area contributed by atoms with Crippen LogP contribution in [-0.2, 0) is 0 Å². The molecule has 0 aliphatic heterocycles. The molecule has 0 aliphatic rings. The predicted octanol–water partition coefficient (Wildman–Crippen LogP) is 4.43. The summed E-state index contributed by atoms with van der Waals surface area (Å²) in [6, 6.07) is 0. The van der Waals surface area contributed by atoms with Gasteiger partial charge in [-0.2, -0.15) is 0 Å². The Kier molecular flexibility index (Phi) is 53.3. The van der Waals surface area contributed by atoms with Crippen molar-refractivity contribution in [1.29, 1.82) is 0 Å². The summed E-state index contributed by atoms with van der Waals surface area (Å²) in [5.74, 6) is 0. The molecule has 0 unspecified atom stereocenters. The summed E-state index contributed by atoms with van der Waals surface area (Å²) >= 11 is 0. The number of hydrogen-bond donors (Lipinski definition) is 2. The lowest BCUT2D eigenvalue weighted by Gasteiger charge is -1.75. The van der Waals surface area contributed by atoms with E-state index in [4.69, 9.17) is 10.5 Å². The SMILES string of the molecule is C[SiH](C)C.C[SiH](C)C.C[SiH](C)C.C[SiH](C)C.OO. The van der Waals surface area contributed by atoms with Crippen LogP contribution >= 0.6 is 0 Å². The molecule has 0 bridgehead atoms. The summed E-state index contributed by atoms with van der Waals surface area (Å²) < 4.78 is 0. The molecule has 0 aromatic carbocycles. The zero-order valence-electron chi connectivity index (χ0n) is 15.2. The van der Waals surface area contributed by atoms with Crippen molar-refractivity contribution in [1.82, 2.24) is 0 Å². The first-order chi connectivity index (χ1) is 7.93. The lowest BCUT2D eigenvalue weighted by molar-refractivity contribution is -0.176. The van der Waals surface area contributed by atoms with Crippen LogP contribution in [0.15, 0.2) is 0 Å². The Bertz CT molecular complexity index is 65.1. The van der Waals surface area contributed by atoms with Gasteiger partial charge in [0.1, 0.15) is 0 Å². The molecule has 0 aromatic rings. The first-order valence-electron chi connectivity index (χ1n) is 7.13. The highest BCUT2D eigenvalue weighted by Crippen LogP contribution is 1.69. The van der Waals surface area contributed by atoms with Gasteiger partial charge in [-0.25, -0.2) is 0 Å². The summed E-state index contributed by atoms with van der Waals surface area (Å²) in [7, 11) is -0.556. The fourth-order valence-electron chi connectivity index (χ4n) is 0. The highest BCUT2D eigenvalue weighted by molar-refractivity contribution is 6.54. The molecule has 0 radical (unpaired) electrons. The monoisotopic (exact) mass is 330 g/mol. The normalized spacial score (nSPS) is 8.33. The van der Waals surface area contributed by atoms with E-state index in [0.29, 0.717) is 0 Å². The van der Waals surface area contributed by atoms with E-state index >= 15 is 0 Å². The molecule has 6 heteroatoms. The second-order valence-electron chi connectivity index (χ2n) is 6.93. The third kappa shape index (κ3) is 6750. The van der Waals surface area contributed by atoms with E-state index in [1.165, 1.54) is 0 Å². The molecule has 0 rings (SSSR count). The quantitative estimate of drug-likeness (QED) is 0.392. The molecule has 0 saturated heterocycles. The van der Waals surface area contributed by atoms with E-state index in [1.807, 2.05) is 0 Å². The lowest BCUT2D eigenvalue weighted by atomic mass is 11.8. The molecular formula is C12H42O2Si4. The van der Waals surface area contributed by atoms with Gasteiger partial charge in [0.15, 0.2) is 0 Å². The predicted molar refractivity (Wildman–Crippen MR) is 104 cm³/mol. The van der Waals surface area contributed by atoms with Crippen LogP contribution in [0.1, 0.15) is 0 Å². The van der Waals surface area contributed by atoms with Crippen LogP contribution < -0.4 is 0 Å². The maximum atomic E-state index is 6.00. The van der Waals surface area contributed by atoms with Crippen LogP contribution in [-0.4, -0.2) is 45.7 Å². The minimum absolute atomic E-state index is 0.139. The molecule has 118 valence electrons. The minimum Gasteiger partial charge on any atom is -0.255 e. The molecule has 0 spiro atoms. The molecule has 0 amide bonds. The Morgan fingerprint density at radius 1 is 0.333 bits per heavy atom. The van der Waals surface area contributed by atoms with Gasteiger partial charge in [-0.3, -0.25) is 10.5 Å². The molecule has 2 nitrogen and oxygen atoms in total. The van der Waals surface area contributed by atoms with Crippen molar-refractivity contribution < 1.29 is 10.5 Å². The molecule has 0 heterocycles. The molecule has 2 N–H and O–H groups in total. The third-order valence-electron chi connectivity index (χ3n) is 0. The largest absolute Gasteiger partial charge is 0.255 e. The van der Waals surface area contributed by atoms with Crippen molar-refractivity contribution in [3.63, 3.8) is 0 Å². The highest BCUT2D eigenvalue weighted by atomic mass is 28.3. The fraction of sp³-hybridized carbons (Fsp3) is 1.00. The minimum atomic E-state index is -0.139. The van der Waals surface area contributed by atoms with Crippen LogP contribution in [0.5, 0.6) is 0 Å². The molecule has 18 heavy (non-hydrogen) atoms. The average Bonchev–Trinajstić information content (AvgIpc) is 2.01. The van der Waals surface area contributed by atoms with E-state index in [9.17, 15) is 0 Å². The number of hydrogen-bond acceptors (Lipinski definition) is 2. The average molecular weight is 331 g/mol. The topological polar surface area (TPSA) is 40.5 Å². The molecular weight excluding hydrogens is 288 g/mol. The smallest absolute Gasteiger partial charge is 0.0274 e. The first-order valence-corrected chi connectivity index (χ1v) is 21.0. The Balaban J connectivity index is -0.0000000399. The van der Waals surface area contributed by atoms with Gasteiger partial charge >= 0.3 is 0 Å².